The average Bonchev–Trinajstić information content (AvgIpc) is 3.02. The molecule has 1 heterocycles. The highest BCUT2D eigenvalue weighted by molar-refractivity contribution is 8.18. The highest BCUT2D eigenvalue weighted by Gasteiger charge is 2.34. The number of aromatic hydroxyl groups is 1. The Morgan fingerprint density at radius 2 is 1.94 bits per heavy atom. The number of aliphatic hydroxyl groups excluding tert-OH is 1. The molecule has 0 saturated carbocycles. The third kappa shape index (κ3) is 5.08. The number of aliphatic hydroxyl groups is 1. The first-order valence-electron chi connectivity index (χ1n) is 9.27. The Morgan fingerprint density at radius 3 is 2.56 bits per heavy atom. The zero-order valence-electron chi connectivity index (χ0n) is 16.9. The number of nitrogens with zero attached hydrogens (tertiary/aromatic N) is 1. The van der Waals surface area contributed by atoms with Crippen LogP contribution >= 0.6 is 11.8 Å². The molecule has 32 heavy (non-hydrogen) atoms. The summed E-state index contributed by atoms with van der Waals surface area (Å²) in [5.74, 6) is -1.15. The maximum atomic E-state index is 13.0. The number of alkyl halides is 3. The summed E-state index contributed by atoms with van der Waals surface area (Å²) in [6.45, 7) is 1.61. The molecule has 0 aromatic heterocycles. The van der Waals surface area contributed by atoms with Crippen molar-refractivity contribution in [3.8, 4) is 11.5 Å². The monoisotopic (exact) mass is 465 g/mol. The molecule has 1 aliphatic heterocycles. The van der Waals surface area contributed by atoms with Crippen molar-refractivity contribution in [2.75, 3.05) is 13.7 Å². The van der Waals surface area contributed by atoms with Crippen LogP contribution in [0.4, 0.5) is 18.9 Å². The maximum absolute atomic E-state index is 13.0. The van der Waals surface area contributed by atoms with Crippen LogP contribution in [-0.2, 0) is 15.7 Å². The Balaban J connectivity index is 2.05. The van der Waals surface area contributed by atoms with Crippen molar-refractivity contribution in [3.05, 3.63) is 69.8 Å². The van der Waals surface area contributed by atoms with Crippen molar-refractivity contribution in [3.63, 3.8) is 0 Å². The zero-order chi connectivity index (χ0) is 23.5. The minimum atomic E-state index is -4.55. The van der Waals surface area contributed by atoms with E-state index in [1.54, 1.807) is 13.0 Å². The lowest BCUT2D eigenvalue weighted by Gasteiger charge is -2.07. The standard InChI is InChI=1S/C22H18F3NO5S/c1-3-31-21(29)18-19(28)17(10-12-7-8-16(30-2)15(27)9-12)32-20(18)26-14-6-4-5-13(11-14)22(23,24)25/h4-11,27-28H,3H2,1-2H3/b17-10+,26-20?. The van der Waals surface area contributed by atoms with Crippen LogP contribution in [0.2, 0.25) is 0 Å². The van der Waals surface area contributed by atoms with E-state index >= 15 is 0 Å². The van der Waals surface area contributed by atoms with Crippen LogP contribution in [0.5, 0.6) is 11.5 Å². The van der Waals surface area contributed by atoms with Gasteiger partial charge in [-0.1, -0.05) is 23.9 Å². The number of methoxy groups -OCH3 is 1. The fourth-order valence-corrected chi connectivity index (χ4v) is 3.84. The molecule has 3 rings (SSSR count). The number of benzene rings is 2. The minimum absolute atomic E-state index is 0.00995. The van der Waals surface area contributed by atoms with Crippen molar-refractivity contribution in [2.45, 2.75) is 13.1 Å². The van der Waals surface area contributed by atoms with Crippen molar-refractivity contribution < 1.29 is 37.7 Å². The number of esters is 1. The molecule has 0 amide bonds. The van der Waals surface area contributed by atoms with Gasteiger partial charge >= 0.3 is 12.1 Å². The van der Waals surface area contributed by atoms with E-state index in [2.05, 4.69) is 4.99 Å². The summed E-state index contributed by atoms with van der Waals surface area (Å²) >= 11 is 0.892. The van der Waals surface area contributed by atoms with Crippen molar-refractivity contribution >= 4 is 34.5 Å². The fourth-order valence-electron chi connectivity index (χ4n) is 2.81. The number of hydrogen-bond donors (Lipinski definition) is 2. The van der Waals surface area contributed by atoms with E-state index in [1.807, 2.05) is 0 Å². The Bertz CT molecular complexity index is 1140. The third-order valence-corrected chi connectivity index (χ3v) is 5.29. The number of carbonyl (C=O) groups is 1. The summed E-state index contributed by atoms with van der Waals surface area (Å²) in [5.41, 5.74) is -0.697. The summed E-state index contributed by atoms with van der Waals surface area (Å²) in [6, 6.07) is 8.84. The van der Waals surface area contributed by atoms with Gasteiger partial charge in [0.25, 0.3) is 0 Å². The van der Waals surface area contributed by atoms with Crippen LogP contribution in [0.3, 0.4) is 0 Å². The second-order valence-corrected chi connectivity index (χ2v) is 7.48. The molecular weight excluding hydrogens is 447 g/mol. The van der Waals surface area contributed by atoms with Gasteiger partial charge in [0, 0.05) is 0 Å². The van der Waals surface area contributed by atoms with E-state index in [4.69, 9.17) is 9.47 Å². The summed E-state index contributed by atoms with van der Waals surface area (Å²) < 4.78 is 49.0. The number of hydrogen-bond acceptors (Lipinski definition) is 7. The number of phenolic OH excluding ortho intramolecular Hbond substituents is 1. The average molecular weight is 465 g/mol. The van der Waals surface area contributed by atoms with Gasteiger partial charge in [-0.05, 0) is 48.9 Å². The molecule has 0 aliphatic carbocycles. The largest absolute Gasteiger partial charge is 0.506 e. The van der Waals surface area contributed by atoms with Gasteiger partial charge in [-0.2, -0.15) is 13.2 Å². The number of rotatable bonds is 5. The Kier molecular flexibility index (Phi) is 6.83. The topological polar surface area (TPSA) is 88.4 Å². The van der Waals surface area contributed by atoms with Crippen molar-refractivity contribution in [2.24, 2.45) is 4.99 Å². The lowest BCUT2D eigenvalue weighted by atomic mass is 10.1. The van der Waals surface area contributed by atoms with E-state index in [-0.39, 0.29) is 39.3 Å². The summed E-state index contributed by atoms with van der Waals surface area (Å²) in [6.07, 6.45) is -3.06. The van der Waals surface area contributed by atoms with E-state index in [0.717, 1.165) is 23.9 Å². The number of carbonyl (C=O) groups excluding carboxylic acids is 1. The molecule has 6 nitrogen and oxygen atoms in total. The zero-order valence-corrected chi connectivity index (χ0v) is 17.8. The Morgan fingerprint density at radius 1 is 1.19 bits per heavy atom. The van der Waals surface area contributed by atoms with Crippen LogP contribution in [0, 0.1) is 0 Å². The van der Waals surface area contributed by atoms with Gasteiger partial charge in [0.2, 0.25) is 0 Å². The molecule has 10 heteroatoms. The SMILES string of the molecule is CCOC(=O)C1=C(O)/C(=C\c2ccc(OC)c(O)c2)SC1=Nc1cccc(C(F)(F)F)c1. The first-order valence-corrected chi connectivity index (χ1v) is 10.1. The highest BCUT2D eigenvalue weighted by Crippen LogP contribution is 2.41. The molecule has 1 aliphatic rings. The van der Waals surface area contributed by atoms with Crippen molar-refractivity contribution in [1.82, 2.24) is 0 Å². The second kappa shape index (κ2) is 9.39. The van der Waals surface area contributed by atoms with Crippen molar-refractivity contribution in [1.29, 1.82) is 0 Å². The Labute approximate surface area is 185 Å². The first-order chi connectivity index (χ1) is 15.1. The molecular formula is C22H18F3NO5S. The van der Waals surface area contributed by atoms with Gasteiger partial charge in [0.05, 0.1) is 29.9 Å². The smallest absolute Gasteiger partial charge is 0.416 e. The summed E-state index contributed by atoms with van der Waals surface area (Å²) in [7, 11) is 1.40. The molecule has 0 radical (unpaired) electrons. The molecule has 0 atom stereocenters. The quantitative estimate of drug-likeness (QED) is 0.558. The summed E-state index contributed by atoms with van der Waals surface area (Å²) in [5, 5.41) is 20.6. The van der Waals surface area contributed by atoms with E-state index < -0.39 is 23.5 Å². The van der Waals surface area contributed by atoms with E-state index in [0.29, 0.717) is 5.56 Å². The van der Waals surface area contributed by atoms with E-state index in [9.17, 15) is 28.2 Å². The Hall–Kier alpha value is -3.40. The lowest BCUT2D eigenvalue weighted by Crippen LogP contribution is -2.13. The molecule has 0 spiro atoms. The number of thioether (sulfide) groups is 1. The van der Waals surface area contributed by atoms with Crippen LogP contribution in [-0.4, -0.2) is 34.9 Å². The number of phenols is 1. The minimum Gasteiger partial charge on any atom is -0.506 e. The van der Waals surface area contributed by atoms with Crippen LogP contribution in [0.1, 0.15) is 18.1 Å². The molecule has 2 aromatic rings. The fraction of sp³-hybridized carbons (Fsp3) is 0.182. The van der Waals surface area contributed by atoms with Crippen LogP contribution in [0.15, 0.2) is 63.7 Å². The van der Waals surface area contributed by atoms with Gasteiger partial charge in [-0.3, -0.25) is 0 Å². The first kappa shape index (κ1) is 23.3. The molecule has 0 unspecified atom stereocenters. The van der Waals surface area contributed by atoms with Gasteiger partial charge in [0.1, 0.15) is 16.4 Å². The second-order valence-electron chi connectivity index (χ2n) is 6.45. The van der Waals surface area contributed by atoms with Crippen LogP contribution in [0.25, 0.3) is 6.08 Å². The normalized spacial score (nSPS) is 16.7. The number of aliphatic imine (C=N–C) groups is 1. The molecule has 2 N–H and O–H groups in total. The predicted molar refractivity (Wildman–Crippen MR) is 115 cm³/mol. The highest BCUT2D eigenvalue weighted by atomic mass is 32.2. The molecule has 168 valence electrons. The van der Waals surface area contributed by atoms with Gasteiger partial charge in [-0.25, -0.2) is 9.79 Å². The third-order valence-electron chi connectivity index (χ3n) is 4.28. The van der Waals surface area contributed by atoms with E-state index in [1.165, 1.54) is 37.5 Å². The van der Waals surface area contributed by atoms with Gasteiger partial charge in [0.15, 0.2) is 11.5 Å². The maximum Gasteiger partial charge on any atom is 0.416 e. The molecule has 0 saturated heterocycles. The van der Waals surface area contributed by atoms with Gasteiger partial charge in [-0.15, -0.1) is 0 Å². The van der Waals surface area contributed by atoms with Crippen LogP contribution < -0.4 is 4.74 Å². The lowest BCUT2D eigenvalue weighted by molar-refractivity contribution is -0.138. The predicted octanol–water partition coefficient (Wildman–Crippen LogP) is 5.61. The number of halogens is 3. The molecule has 0 fully saturated rings. The molecule has 2 aromatic carbocycles. The number of ether oxygens (including phenoxy) is 2. The summed E-state index contributed by atoms with van der Waals surface area (Å²) in [4.78, 5) is 16.8. The molecule has 0 bridgehead atoms. The van der Waals surface area contributed by atoms with Gasteiger partial charge < -0.3 is 19.7 Å².